The third kappa shape index (κ3) is 10.5. The lowest BCUT2D eigenvalue weighted by Crippen LogP contribution is -2.58. The van der Waals surface area contributed by atoms with Gasteiger partial charge in [-0.15, -0.1) is 11.3 Å². The van der Waals surface area contributed by atoms with E-state index in [9.17, 15) is 0 Å². The van der Waals surface area contributed by atoms with Crippen molar-refractivity contribution in [2.75, 3.05) is 0 Å². The molecule has 5 heterocycles. The van der Waals surface area contributed by atoms with E-state index in [0.717, 1.165) is 22.3 Å². The molecule has 0 atom stereocenters. The molecule has 4 nitrogen and oxygen atoms in total. The van der Waals surface area contributed by atoms with Crippen molar-refractivity contribution < 1.29 is 0 Å². The summed E-state index contributed by atoms with van der Waals surface area (Å²) in [4.78, 5) is 18.5. The lowest BCUT2D eigenvalue weighted by molar-refractivity contribution is 1.29. The first-order valence-corrected chi connectivity index (χ1v) is 33.3. The Labute approximate surface area is 550 Å². The Morgan fingerprint density at radius 2 is 0.500 bits per heavy atom. The molecule has 0 aliphatic heterocycles. The number of aromatic nitrogens is 4. The van der Waals surface area contributed by atoms with Gasteiger partial charge in [0.05, 0.1) is 0 Å². The third-order valence-electron chi connectivity index (χ3n) is 20.4. The minimum absolute atomic E-state index is 0.0502. The highest BCUT2D eigenvalue weighted by Crippen LogP contribution is 2.41. The van der Waals surface area contributed by atoms with Crippen molar-refractivity contribution in [2.24, 2.45) is 0 Å². The van der Waals surface area contributed by atoms with Crippen molar-refractivity contribution in [2.45, 2.75) is 118 Å². The fourth-order valence-corrected chi connectivity index (χ4v) is 18.1. The summed E-state index contributed by atoms with van der Waals surface area (Å²) in [6.45, 7) is 39.3. The molecule has 13 rings (SSSR count). The summed E-state index contributed by atoms with van der Waals surface area (Å²) >= 11 is 1.89. The van der Waals surface area contributed by atoms with Crippen LogP contribution in [-0.4, -0.2) is 33.4 Å². The fraction of sp³-hybridized carbons (Fsp3) is 0.200. The molecule has 0 aliphatic rings. The molecule has 0 bridgehead atoms. The van der Waals surface area contributed by atoms with Crippen LogP contribution in [0.4, 0.5) is 0 Å². The van der Waals surface area contributed by atoms with Gasteiger partial charge in [0.15, 0.2) is 0 Å². The summed E-state index contributed by atoms with van der Waals surface area (Å²) in [5, 5.41) is 2.57. The molecule has 0 fully saturated rings. The van der Waals surface area contributed by atoms with Crippen molar-refractivity contribution >= 4 is 77.7 Å². The van der Waals surface area contributed by atoms with Gasteiger partial charge in [-0.2, -0.15) is 0 Å². The molecule has 0 radical (unpaired) electrons. The molecule has 0 aliphatic carbocycles. The monoisotopic (exact) mass is 1210 g/mol. The number of rotatable bonds is 12. The topological polar surface area (TPSA) is 51.6 Å². The summed E-state index contributed by atoms with van der Waals surface area (Å²) in [6.07, 6.45) is 15.6. The van der Waals surface area contributed by atoms with Gasteiger partial charge in [0, 0.05) is 92.0 Å². The number of hydrogen-bond acceptors (Lipinski definition) is 5. The van der Waals surface area contributed by atoms with Crippen LogP contribution in [0.1, 0.15) is 94.6 Å². The third-order valence-corrected chi connectivity index (χ3v) is 21.5. The predicted molar refractivity (Wildman–Crippen MR) is 399 cm³/mol. The van der Waals surface area contributed by atoms with Crippen LogP contribution in [0.15, 0.2) is 177 Å². The first kappa shape index (κ1) is 61.6. The maximum atomic E-state index is 4.64. The Kier molecular flexibility index (Phi) is 16.3. The van der Waals surface area contributed by atoms with Gasteiger partial charge < -0.3 is 0 Å². The van der Waals surface area contributed by atoms with Crippen LogP contribution >= 0.6 is 11.3 Å². The SMILES string of the molecule is Cc1cc(-c2ccc3sc4ccc(-c5c(C)cc(C)c(B(c6c(C)cc(C)c(-c7cccnc7)c6C)c6c(C)cc(C)c(-c7cccnc7)c6C)c5C)cc4c3c2)cc(C)c1B(c1c(C)cc(C)c(-c2cccnc2)c1C)c1c(C)cc(C)c(-c2cccnc2)c1C. The van der Waals surface area contributed by atoms with Gasteiger partial charge in [0.25, 0.3) is 0 Å². The molecular formula is C85H80B2N4S. The summed E-state index contributed by atoms with van der Waals surface area (Å²) in [7, 11) is 0. The summed E-state index contributed by atoms with van der Waals surface area (Å²) in [6, 6.07) is 48.5. The normalized spacial score (nSPS) is 11.5. The van der Waals surface area contributed by atoms with E-state index in [1.54, 1.807) is 0 Å². The zero-order valence-corrected chi connectivity index (χ0v) is 57.4. The summed E-state index contributed by atoms with van der Waals surface area (Å²) in [5.41, 5.74) is 44.6. The largest absolute Gasteiger partial charge is 0.264 e. The highest BCUT2D eigenvalue weighted by atomic mass is 32.1. The van der Waals surface area contributed by atoms with Crippen LogP contribution in [0.3, 0.4) is 0 Å². The van der Waals surface area contributed by atoms with E-state index in [1.165, 1.54) is 192 Å². The van der Waals surface area contributed by atoms with Crippen LogP contribution < -0.4 is 32.8 Å². The standard InChI is InChI=1S/C85H80B2N4S/c1-47-34-54(8)83(87(84-55(9)37-50(4)78(62(84)16)68-24-20-32-90-45-68)85-56(10)38-51(5)79(63(85)17)69-25-21-33-91-46-69)59(13)75(47)65-27-29-74-72(42-65)71-41-64(26-28-73(71)92-74)70-39-57(11)80(58(12)40-70)86(81-52(6)35-48(2)76(60(81)14)66-22-18-30-88-43-66)82-53(7)36-49(3)77(61(82)15)67-23-19-31-89-44-67/h18-46H,1-17H3. The average molecular weight is 1210 g/mol. The maximum absolute atomic E-state index is 4.64. The van der Waals surface area contributed by atoms with Gasteiger partial charge in [-0.1, -0.05) is 151 Å². The second-order valence-corrected chi connectivity index (χ2v) is 27.6. The Hall–Kier alpha value is -9.29. The quantitative estimate of drug-likeness (QED) is 0.114. The zero-order chi connectivity index (χ0) is 64.7. The van der Waals surface area contributed by atoms with Crippen LogP contribution in [0, 0.1) is 118 Å². The van der Waals surface area contributed by atoms with Gasteiger partial charge in [-0.25, -0.2) is 0 Å². The molecule has 92 heavy (non-hydrogen) atoms. The Balaban J connectivity index is 0.975. The molecule has 0 saturated carbocycles. The summed E-state index contributed by atoms with van der Waals surface area (Å²) < 4.78 is 2.58. The van der Waals surface area contributed by atoms with Crippen molar-refractivity contribution in [3.05, 3.63) is 272 Å². The highest BCUT2D eigenvalue weighted by molar-refractivity contribution is 7.25. The van der Waals surface area contributed by atoms with Crippen molar-refractivity contribution in [1.82, 2.24) is 19.9 Å². The lowest BCUT2D eigenvalue weighted by atomic mass is 9.32. The van der Waals surface area contributed by atoms with E-state index in [4.69, 9.17) is 0 Å². The van der Waals surface area contributed by atoms with Crippen LogP contribution in [-0.2, 0) is 0 Å². The molecule has 7 heteroatoms. The molecule has 0 N–H and O–H groups in total. The highest BCUT2D eigenvalue weighted by Gasteiger charge is 2.36. The molecule has 0 saturated heterocycles. The van der Waals surface area contributed by atoms with Gasteiger partial charge in [-0.05, 0) is 266 Å². The van der Waals surface area contributed by atoms with E-state index in [0.29, 0.717) is 0 Å². The Bertz CT molecular complexity index is 4880. The van der Waals surface area contributed by atoms with E-state index in [-0.39, 0.29) is 13.4 Å². The number of benzene rings is 8. The second kappa shape index (κ2) is 24.4. The van der Waals surface area contributed by atoms with Gasteiger partial charge in [-0.3, -0.25) is 19.9 Å². The molecule has 13 aromatic rings. The van der Waals surface area contributed by atoms with E-state index >= 15 is 0 Å². The first-order chi connectivity index (χ1) is 44.2. The summed E-state index contributed by atoms with van der Waals surface area (Å²) in [5.74, 6) is 0. The molecule has 0 unspecified atom stereocenters. The zero-order valence-electron chi connectivity index (χ0n) is 56.6. The number of nitrogens with zero attached hydrogens (tertiary/aromatic N) is 4. The van der Waals surface area contributed by atoms with E-state index in [1.807, 2.05) is 60.9 Å². The maximum Gasteiger partial charge on any atom is 0.243 e. The minimum atomic E-state index is -0.0771. The van der Waals surface area contributed by atoms with Crippen LogP contribution in [0.5, 0.6) is 0 Å². The van der Waals surface area contributed by atoms with Crippen LogP contribution in [0.25, 0.3) is 86.9 Å². The molecule has 5 aromatic heterocycles. The molecule has 452 valence electrons. The number of pyridine rings is 4. The lowest BCUT2D eigenvalue weighted by Gasteiger charge is -2.31. The number of thiophene rings is 1. The average Bonchev–Trinajstić information content (AvgIpc) is 0.903. The van der Waals surface area contributed by atoms with Gasteiger partial charge in [0.2, 0.25) is 13.4 Å². The number of hydrogen-bond donors (Lipinski definition) is 0. The number of aryl methyl sites for hydroxylation is 12. The second-order valence-electron chi connectivity index (χ2n) is 26.5. The molecule has 0 spiro atoms. The van der Waals surface area contributed by atoms with Crippen molar-refractivity contribution in [1.29, 1.82) is 0 Å². The molecule has 0 amide bonds. The Morgan fingerprint density at radius 3 is 0.793 bits per heavy atom. The molecular weight excluding hydrogens is 1130 g/mol. The van der Waals surface area contributed by atoms with Crippen LogP contribution in [0.2, 0.25) is 0 Å². The smallest absolute Gasteiger partial charge is 0.243 e. The van der Waals surface area contributed by atoms with Crippen molar-refractivity contribution in [3.8, 4) is 66.8 Å². The minimum Gasteiger partial charge on any atom is -0.264 e. The first-order valence-electron chi connectivity index (χ1n) is 32.4. The van der Waals surface area contributed by atoms with Gasteiger partial charge >= 0.3 is 0 Å². The molecule has 8 aromatic carbocycles. The van der Waals surface area contributed by atoms with Crippen molar-refractivity contribution in [3.63, 3.8) is 0 Å². The fourth-order valence-electron chi connectivity index (χ4n) is 17.1. The van der Waals surface area contributed by atoms with Gasteiger partial charge in [0.1, 0.15) is 0 Å². The number of fused-ring (bicyclic) bond motifs is 3. The van der Waals surface area contributed by atoms with E-state index < -0.39 is 0 Å². The Morgan fingerprint density at radius 1 is 0.239 bits per heavy atom. The predicted octanol–water partition coefficient (Wildman–Crippen LogP) is 17.9. The van der Waals surface area contributed by atoms with E-state index in [2.05, 4.69) is 265 Å².